The number of allylic oxidation sites excluding steroid dienone is 2. The minimum absolute atomic E-state index is 0.0407. The van der Waals surface area contributed by atoms with Gasteiger partial charge >= 0.3 is 6.18 Å². The highest BCUT2D eigenvalue weighted by atomic mass is 19.4. The fourth-order valence-corrected chi connectivity index (χ4v) is 4.90. The number of nitrogens with zero attached hydrogens (tertiary/aromatic N) is 2. The summed E-state index contributed by atoms with van der Waals surface area (Å²) in [6, 6.07) is 3.27. The van der Waals surface area contributed by atoms with E-state index in [9.17, 15) is 18.0 Å². The minimum atomic E-state index is -4.16. The van der Waals surface area contributed by atoms with Crippen molar-refractivity contribution in [2.75, 3.05) is 26.8 Å². The van der Waals surface area contributed by atoms with E-state index in [0.717, 1.165) is 0 Å². The molecule has 7 nitrogen and oxygen atoms in total. The Hall–Kier alpha value is -2.43. The summed E-state index contributed by atoms with van der Waals surface area (Å²) < 4.78 is 50.1. The number of nitrogens with one attached hydrogen (secondary N) is 1. The first-order chi connectivity index (χ1) is 15.8. The normalized spacial score (nSPS) is 31.8. The van der Waals surface area contributed by atoms with Crippen LogP contribution in [0, 0.1) is 17.8 Å². The Morgan fingerprint density at radius 2 is 2.15 bits per heavy atom. The van der Waals surface area contributed by atoms with Crippen molar-refractivity contribution in [1.82, 2.24) is 15.2 Å². The Morgan fingerprint density at radius 1 is 1.36 bits per heavy atom. The molecule has 3 heterocycles. The minimum Gasteiger partial charge on any atom is -0.491 e. The number of hydrogen-bond acceptors (Lipinski definition) is 7. The van der Waals surface area contributed by atoms with E-state index in [-0.39, 0.29) is 42.6 Å². The number of ketones is 1. The Bertz CT molecular complexity index is 916. The summed E-state index contributed by atoms with van der Waals surface area (Å²) in [5, 5.41) is 3.25. The van der Waals surface area contributed by atoms with E-state index in [2.05, 4.69) is 10.3 Å². The molecule has 2 aliphatic heterocycles. The molecule has 0 spiro atoms. The second-order valence-corrected chi connectivity index (χ2v) is 8.78. The summed E-state index contributed by atoms with van der Waals surface area (Å²) in [4.78, 5) is 19.9. The summed E-state index contributed by atoms with van der Waals surface area (Å²) in [6.45, 7) is 1.12. The van der Waals surface area contributed by atoms with Crippen LogP contribution < -0.4 is 15.8 Å². The third-order valence-electron chi connectivity index (χ3n) is 6.82. The standard InChI is InChI=1S/C23H29F3N4O3/c1-32-22(30-10-3-2-6-19(30)27)7-9-28-13-17(22)21(31)20-18(5-4-8-29-20)33-14-15-11-16(12-15)23(24,25)26/h2-6,8,10,15-17,19,28H,7,9,11-14,27H2,1H3/t15-,16+,17?,19?,22?. The first-order valence-electron chi connectivity index (χ1n) is 11.1. The highest BCUT2D eigenvalue weighted by molar-refractivity contribution is 5.99. The lowest BCUT2D eigenvalue weighted by Gasteiger charge is -2.51. The van der Waals surface area contributed by atoms with Crippen LogP contribution in [0.15, 0.2) is 42.8 Å². The zero-order chi connectivity index (χ0) is 23.6. The van der Waals surface area contributed by atoms with Crippen LogP contribution in [0.5, 0.6) is 5.75 Å². The average molecular weight is 467 g/mol. The molecule has 0 bridgehead atoms. The molecule has 3 unspecified atom stereocenters. The molecule has 3 N–H and O–H groups in total. The summed E-state index contributed by atoms with van der Waals surface area (Å²) in [5.74, 6) is -2.09. The van der Waals surface area contributed by atoms with Crippen molar-refractivity contribution in [1.29, 1.82) is 0 Å². The molecule has 1 aromatic heterocycles. The molecule has 0 amide bonds. The zero-order valence-electron chi connectivity index (χ0n) is 18.4. The summed E-state index contributed by atoms with van der Waals surface area (Å²) in [5.41, 5.74) is 5.46. The maximum atomic E-state index is 13.7. The van der Waals surface area contributed by atoms with Crippen molar-refractivity contribution >= 4 is 5.78 Å². The smallest absolute Gasteiger partial charge is 0.391 e. The number of halogens is 3. The van der Waals surface area contributed by atoms with E-state index in [1.165, 1.54) is 6.20 Å². The molecule has 33 heavy (non-hydrogen) atoms. The number of Topliss-reactive ketones (excluding diaryl/α,β-unsaturated/α-hetero) is 1. The average Bonchev–Trinajstić information content (AvgIpc) is 2.77. The number of pyridine rings is 1. The fraction of sp³-hybridized carbons (Fsp3) is 0.565. The van der Waals surface area contributed by atoms with Crippen LogP contribution in [-0.4, -0.2) is 60.5 Å². The Morgan fingerprint density at radius 3 is 2.85 bits per heavy atom. The maximum Gasteiger partial charge on any atom is 0.391 e. The van der Waals surface area contributed by atoms with Gasteiger partial charge in [-0.1, -0.05) is 6.08 Å². The Balaban J connectivity index is 1.52. The van der Waals surface area contributed by atoms with Gasteiger partial charge in [-0.2, -0.15) is 13.2 Å². The number of piperidine rings is 1. The lowest BCUT2D eigenvalue weighted by Crippen LogP contribution is -2.65. The van der Waals surface area contributed by atoms with Gasteiger partial charge in [0.05, 0.1) is 24.6 Å². The number of carbonyl (C=O) groups excluding carboxylic acids is 1. The third-order valence-corrected chi connectivity index (χ3v) is 6.82. The first kappa shape index (κ1) is 23.7. The summed E-state index contributed by atoms with van der Waals surface area (Å²) in [6.07, 6.45) is 4.82. The van der Waals surface area contributed by atoms with Crippen molar-refractivity contribution in [3.8, 4) is 5.75 Å². The predicted molar refractivity (Wildman–Crippen MR) is 115 cm³/mol. The predicted octanol–water partition coefficient (Wildman–Crippen LogP) is 2.85. The van der Waals surface area contributed by atoms with Crippen LogP contribution in [-0.2, 0) is 4.74 Å². The molecular formula is C23H29F3N4O3. The SMILES string of the molecule is COC1(N2C=CC=CC2N)CCNCC1C(=O)c1ncccc1OC[C@H]1C[C@@H](C(F)(F)F)C1. The van der Waals surface area contributed by atoms with Crippen LogP contribution in [0.1, 0.15) is 29.8 Å². The lowest BCUT2D eigenvalue weighted by atomic mass is 9.75. The van der Waals surface area contributed by atoms with Crippen molar-refractivity contribution < 1.29 is 27.4 Å². The van der Waals surface area contributed by atoms with Crippen LogP contribution >= 0.6 is 0 Å². The van der Waals surface area contributed by atoms with Crippen molar-refractivity contribution in [2.24, 2.45) is 23.5 Å². The second kappa shape index (κ2) is 9.44. The number of carbonyl (C=O) groups is 1. The topological polar surface area (TPSA) is 89.7 Å². The molecular weight excluding hydrogens is 437 g/mol. The molecule has 4 rings (SSSR count). The number of rotatable bonds is 7. The molecule has 2 fully saturated rings. The van der Waals surface area contributed by atoms with Crippen molar-refractivity contribution in [3.63, 3.8) is 0 Å². The molecule has 1 saturated carbocycles. The van der Waals surface area contributed by atoms with Gasteiger partial charge < -0.3 is 25.4 Å². The van der Waals surface area contributed by atoms with Gasteiger partial charge in [0.15, 0.2) is 11.5 Å². The summed E-state index contributed by atoms with van der Waals surface area (Å²) in [7, 11) is 1.56. The molecule has 180 valence electrons. The van der Waals surface area contributed by atoms with Gasteiger partial charge in [0.25, 0.3) is 0 Å². The number of aromatic nitrogens is 1. The summed E-state index contributed by atoms with van der Waals surface area (Å²) >= 11 is 0. The van der Waals surface area contributed by atoms with E-state index in [1.54, 1.807) is 19.2 Å². The Labute approximate surface area is 190 Å². The molecule has 3 aliphatic rings. The van der Waals surface area contributed by atoms with E-state index in [0.29, 0.717) is 19.5 Å². The number of hydrogen-bond donors (Lipinski definition) is 2. The molecule has 1 aromatic rings. The van der Waals surface area contributed by atoms with E-state index >= 15 is 0 Å². The quantitative estimate of drug-likeness (QED) is 0.598. The number of alkyl halides is 3. The van der Waals surface area contributed by atoms with Crippen molar-refractivity contribution in [3.05, 3.63) is 48.5 Å². The van der Waals surface area contributed by atoms with Crippen LogP contribution in [0.4, 0.5) is 13.2 Å². The van der Waals surface area contributed by atoms with Gasteiger partial charge in [-0.15, -0.1) is 0 Å². The van der Waals surface area contributed by atoms with Crippen LogP contribution in [0.3, 0.4) is 0 Å². The van der Waals surface area contributed by atoms with Gasteiger partial charge in [0.1, 0.15) is 11.4 Å². The molecule has 1 aliphatic carbocycles. The van der Waals surface area contributed by atoms with Crippen LogP contribution in [0.2, 0.25) is 0 Å². The Kier molecular flexibility index (Phi) is 6.78. The van der Waals surface area contributed by atoms with Gasteiger partial charge in [0, 0.05) is 32.5 Å². The van der Waals surface area contributed by atoms with E-state index in [1.807, 2.05) is 29.3 Å². The zero-order valence-corrected chi connectivity index (χ0v) is 18.4. The highest BCUT2D eigenvalue weighted by Crippen LogP contribution is 2.45. The number of nitrogens with two attached hydrogens (primary N) is 1. The number of methoxy groups -OCH3 is 1. The lowest BCUT2D eigenvalue weighted by molar-refractivity contribution is -0.206. The molecule has 0 radical (unpaired) electrons. The van der Waals surface area contributed by atoms with E-state index in [4.69, 9.17) is 15.2 Å². The number of ether oxygens (including phenoxy) is 2. The third kappa shape index (κ3) is 4.64. The molecule has 3 atom stereocenters. The van der Waals surface area contributed by atoms with Gasteiger partial charge in [-0.3, -0.25) is 4.79 Å². The van der Waals surface area contributed by atoms with Gasteiger partial charge in [-0.05, 0) is 49.6 Å². The fourth-order valence-electron chi connectivity index (χ4n) is 4.90. The molecule has 1 saturated heterocycles. The van der Waals surface area contributed by atoms with E-state index < -0.39 is 29.9 Å². The van der Waals surface area contributed by atoms with Gasteiger partial charge in [0.2, 0.25) is 0 Å². The van der Waals surface area contributed by atoms with Gasteiger partial charge in [-0.25, -0.2) is 4.98 Å². The second-order valence-electron chi connectivity index (χ2n) is 8.78. The molecule has 10 heteroatoms. The van der Waals surface area contributed by atoms with Crippen LogP contribution in [0.25, 0.3) is 0 Å². The van der Waals surface area contributed by atoms with Crippen molar-refractivity contribution in [2.45, 2.75) is 37.3 Å². The highest BCUT2D eigenvalue weighted by Gasteiger charge is 2.51. The largest absolute Gasteiger partial charge is 0.491 e. The monoisotopic (exact) mass is 466 g/mol. The molecule has 0 aromatic carbocycles. The first-order valence-corrected chi connectivity index (χ1v) is 11.1. The maximum absolute atomic E-state index is 13.7.